The quantitative estimate of drug-likeness (QED) is 0.834. The van der Waals surface area contributed by atoms with Crippen molar-refractivity contribution in [2.45, 2.75) is 39.2 Å². The van der Waals surface area contributed by atoms with E-state index in [9.17, 15) is 9.00 Å². The maximum Gasteiger partial charge on any atom is 0.317 e. The second kappa shape index (κ2) is 6.99. The Hall–Kier alpha value is -0.580. The summed E-state index contributed by atoms with van der Waals surface area (Å²) in [6.45, 7) is 5.88. The van der Waals surface area contributed by atoms with E-state index in [1.165, 1.54) is 6.42 Å². The average Bonchev–Trinajstić information content (AvgIpc) is 2.26. The van der Waals surface area contributed by atoms with Gasteiger partial charge in [-0.3, -0.25) is 4.21 Å². The molecule has 0 aromatic heterocycles. The van der Waals surface area contributed by atoms with Crippen LogP contribution in [0.2, 0.25) is 0 Å². The highest BCUT2D eigenvalue weighted by Crippen LogP contribution is 2.15. The molecule has 2 amide bonds. The minimum absolute atomic E-state index is 0.0333. The van der Waals surface area contributed by atoms with Crippen LogP contribution in [0.25, 0.3) is 0 Å². The van der Waals surface area contributed by atoms with Crippen LogP contribution in [0.15, 0.2) is 0 Å². The SMILES string of the molecule is CC1CCCN(C(=O)NC(C)CCS(C)=O)C1. The van der Waals surface area contributed by atoms with Gasteiger partial charge in [0.05, 0.1) is 0 Å². The Labute approximate surface area is 107 Å². The van der Waals surface area contributed by atoms with Gasteiger partial charge in [0.25, 0.3) is 0 Å². The van der Waals surface area contributed by atoms with Gasteiger partial charge in [0.1, 0.15) is 0 Å². The van der Waals surface area contributed by atoms with E-state index in [0.717, 1.165) is 25.9 Å². The van der Waals surface area contributed by atoms with E-state index in [-0.39, 0.29) is 12.1 Å². The first kappa shape index (κ1) is 14.5. The van der Waals surface area contributed by atoms with Gasteiger partial charge in [-0.25, -0.2) is 4.79 Å². The summed E-state index contributed by atoms with van der Waals surface area (Å²) in [7, 11) is -0.776. The van der Waals surface area contributed by atoms with Crippen LogP contribution < -0.4 is 5.32 Å². The molecule has 1 aliphatic heterocycles. The average molecular weight is 260 g/mol. The molecule has 0 aliphatic carbocycles. The van der Waals surface area contributed by atoms with Crippen LogP contribution in [-0.4, -0.2) is 46.3 Å². The van der Waals surface area contributed by atoms with Gasteiger partial charge < -0.3 is 10.2 Å². The van der Waals surface area contributed by atoms with E-state index >= 15 is 0 Å². The summed E-state index contributed by atoms with van der Waals surface area (Å²) in [5.74, 6) is 1.26. The largest absolute Gasteiger partial charge is 0.336 e. The normalized spacial score (nSPS) is 24.2. The predicted molar refractivity (Wildman–Crippen MR) is 71.5 cm³/mol. The van der Waals surface area contributed by atoms with Crippen molar-refractivity contribution >= 4 is 16.8 Å². The van der Waals surface area contributed by atoms with Crippen molar-refractivity contribution in [2.75, 3.05) is 25.1 Å². The number of rotatable bonds is 4. The Bertz CT molecular complexity index is 284. The molecule has 3 atom stereocenters. The van der Waals surface area contributed by atoms with Crippen molar-refractivity contribution in [2.24, 2.45) is 5.92 Å². The van der Waals surface area contributed by atoms with Crippen LogP contribution >= 0.6 is 0 Å². The van der Waals surface area contributed by atoms with Crippen molar-refractivity contribution < 1.29 is 9.00 Å². The van der Waals surface area contributed by atoms with Crippen LogP contribution in [0.4, 0.5) is 4.79 Å². The van der Waals surface area contributed by atoms with Crippen LogP contribution in [0, 0.1) is 5.92 Å². The van der Waals surface area contributed by atoms with Gasteiger partial charge in [0.2, 0.25) is 0 Å². The number of piperidine rings is 1. The monoisotopic (exact) mass is 260 g/mol. The number of carbonyl (C=O) groups is 1. The van der Waals surface area contributed by atoms with Gasteiger partial charge >= 0.3 is 6.03 Å². The molecule has 1 N–H and O–H groups in total. The number of nitrogens with one attached hydrogen (secondary N) is 1. The van der Waals surface area contributed by atoms with Crippen molar-refractivity contribution in [1.82, 2.24) is 10.2 Å². The Kier molecular flexibility index (Phi) is 5.95. The topological polar surface area (TPSA) is 49.4 Å². The molecular formula is C12H24N2O2S. The second-order valence-electron chi connectivity index (χ2n) is 5.11. The first-order valence-corrected chi connectivity index (χ1v) is 8.07. The highest BCUT2D eigenvalue weighted by molar-refractivity contribution is 7.84. The molecule has 0 radical (unpaired) electrons. The number of hydrogen-bond acceptors (Lipinski definition) is 2. The summed E-state index contributed by atoms with van der Waals surface area (Å²) in [6.07, 6.45) is 4.79. The molecule has 0 aromatic rings. The summed E-state index contributed by atoms with van der Waals surface area (Å²) in [5.41, 5.74) is 0. The second-order valence-corrected chi connectivity index (χ2v) is 6.66. The molecule has 0 spiro atoms. The Balaban J connectivity index is 2.29. The maximum absolute atomic E-state index is 11.9. The molecule has 1 heterocycles. The fourth-order valence-electron chi connectivity index (χ4n) is 2.09. The van der Waals surface area contributed by atoms with E-state index in [1.54, 1.807) is 6.26 Å². The molecule has 1 saturated heterocycles. The van der Waals surface area contributed by atoms with Crippen molar-refractivity contribution in [3.63, 3.8) is 0 Å². The molecule has 5 heteroatoms. The summed E-state index contributed by atoms with van der Waals surface area (Å²) in [5, 5.41) is 2.98. The molecule has 0 aromatic carbocycles. The Morgan fingerprint density at radius 3 is 2.88 bits per heavy atom. The number of hydrogen-bond donors (Lipinski definition) is 1. The lowest BCUT2D eigenvalue weighted by Crippen LogP contribution is -2.47. The van der Waals surface area contributed by atoms with Crippen molar-refractivity contribution in [3.8, 4) is 0 Å². The van der Waals surface area contributed by atoms with Crippen LogP contribution in [0.5, 0.6) is 0 Å². The van der Waals surface area contributed by atoms with Gasteiger partial charge in [-0.15, -0.1) is 0 Å². The van der Waals surface area contributed by atoms with Crippen molar-refractivity contribution in [1.29, 1.82) is 0 Å². The zero-order valence-corrected chi connectivity index (χ0v) is 11.9. The molecular weight excluding hydrogens is 236 g/mol. The minimum Gasteiger partial charge on any atom is -0.336 e. The molecule has 17 heavy (non-hydrogen) atoms. The molecule has 100 valence electrons. The van der Waals surface area contributed by atoms with Gasteiger partial charge in [0, 0.05) is 41.9 Å². The summed E-state index contributed by atoms with van der Waals surface area (Å²) in [6, 6.07) is 0.134. The summed E-state index contributed by atoms with van der Waals surface area (Å²) < 4.78 is 11.0. The van der Waals surface area contributed by atoms with Gasteiger partial charge in [-0.2, -0.15) is 0 Å². The van der Waals surface area contributed by atoms with Crippen molar-refractivity contribution in [3.05, 3.63) is 0 Å². The van der Waals surface area contributed by atoms with Crippen LogP contribution in [0.3, 0.4) is 0 Å². The molecule has 1 rings (SSSR count). The van der Waals surface area contributed by atoms with E-state index in [2.05, 4.69) is 12.2 Å². The Morgan fingerprint density at radius 1 is 1.59 bits per heavy atom. The molecule has 3 unspecified atom stereocenters. The molecule has 1 fully saturated rings. The predicted octanol–water partition coefficient (Wildman–Crippen LogP) is 1.58. The molecule has 0 bridgehead atoms. The molecule has 0 saturated carbocycles. The number of nitrogens with zero attached hydrogens (tertiary/aromatic N) is 1. The van der Waals surface area contributed by atoms with Gasteiger partial charge in [-0.05, 0) is 32.1 Å². The molecule has 1 aliphatic rings. The fraction of sp³-hybridized carbons (Fsp3) is 0.917. The lowest BCUT2D eigenvalue weighted by Gasteiger charge is -2.32. The first-order chi connectivity index (χ1) is 7.99. The summed E-state index contributed by atoms with van der Waals surface area (Å²) >= 11 is 0. The van der Waals surface area contributed by atoms with E-state index in [4.69, 9.17) is 0 Å². The minimum atomic E-state index is -0.776. The number of urea groups is 1. The third-order valence-electron chi connectivity index (χ3n) is 3.15. The Morgan fingerprint density at radius 2 is 2.29 bits per heavy atom. The van der Waals surface area contributed by atoms with Gasteiger partial charge in [0.15, 0.2) is 0 Å². The zero-order chi connectivity index (χ0) is 12.8. The smallest absolute Gasteiger partial charge is 0.317 e. The summed E-state index contributed by atoms with van der Waals surface area (Å²) in [4.78, 5) is 13.8. The van der Waals surface area contributed by atoms with E-state index < -0.39 is 10.8 Å². The van der Waals surface area contributed by atoms with E-state index in [0.29, 0.717) is 11.7 Å². The number of likely N-dealkylation sites (tertiary alicyclic amines) is 1. The zero-order valence-electron chi connectivity index (χ0n) is 11.1. The lowest BCUT2D eigenvalue weighted by molar-refractivity contribution is 0.167. The van der Waals surface area contributed by atoms with Gasteiger partial charge in [-0.1, -0.05) is 6.92 Å². The van der Waals surface area contributed by atoms with Crippen LogP contribution in [0.1, 0.15) is 33.1 Å². The first-order valence-electron chi connectivity index (χ1n) is 6.34. The number of carbonyl (C=O) groups excluding carboxylic acids is 1. The van der Waals surface area contributed by atoms with E-state index in [1.807, 2.05) is 11.8 Å². The number of amides is 2. The lowest BCUT2D eigenvalue weighted by atomic mass is 10.0. The third kappa shape index (κ3) is 5.52. The third-order valence-corrected chi connectivity index (χ3v) is 3.96. The highest BCUT2D eigenvalue weighted by Gasteiger charge is 2.21. The maximum atomic E-state index is 11.9. The standard InChI is InChI=1S/C12H24N2O2S/c1-10-5-4-7-14(9-10)12(15)13-11(2)6-8-17(3)16/h10-11H,4-9H2,1-3H3,(H,13,15). The molecule has 4 nitrogen and oxygen atoms in total. The fourth-order valence-corrected chi connectivity index (χ4v) is 2.78. The highest BCUT2D eigenvalue weighted by atomic mass is 32.2. The van der Waals surface area contributed by atoms with Crippen LogP contribution in [-0.2, 0) is 10.8 Å².